The van der Waals surface area contributed by atoms with Crippen molar-refractivity contribution in [2.24, 2.45) is 5.73 Å². The fourth-order valence-electron chi connectivity index (χ4n) is 0.911. The first-order valence-electron chi connectivity index (χ1n) is 3.68. The summed E-state index contributed by atoms with van der Waals surface area (Å²) >= 11 is 3.19. The van der Waals surface area contributed by atoms with Crippen LogP contribution in [0.3, 0.4) is 0 Å². The minimum Gasteiger partial charge on any atom is -0.480 e. The Labute approximate surface area is 83.9 Å². The minimum atomic E-state index is -0.993. The molecule has 5 heteroatoms. The van der Waals surface area contributed by atoms with E-state index in [9.17, 15) is 4.79 Å². The second-order valence-electron chi connectivity index (χ2n) is 2.64. The summed E-state index contributed by atoms with van der Waals surface area (Å²) in [7, 11) is 0. The van der Waals surface area contributed by atoms with Gasteiger partial charge >= 0.3 is 5.97 Å². The van der Waals surface area contributed by atoms with Gasteiger partial charge in [0.1, 0.15) is 10.6 Å². The Morgan fingerprint density at radius 3 is 3.00 bits per heavy atom. The highest BCUT2D eigenvalue weighted by atomic mass is 79.9. The smallest absolute Gasteiger partial charge is 0.320 e. The van der Waals surface area contributed by atoms with Gasteiger partial charge in [0.25, 0.3) is 0 Å². The van der Waals surface area contributed by atoms with Gasteiger partial charge in [0.2, 0.25) is 0 Å². The van der Waals surface area contributed by atoms with E-state index in [1.54, 1.807) is 18.3 Å². The van der Waals surface area contributed by atoms with E-state index in [2.05, 4.69) is 20.9 Å². The Morgan fingerprint density at radius 2 is 2.46 bits per heavy atom. The predicted octanol–water partition coefficient (Wildman–Crippen LogP) is 0.798. The molecule has 0 fully saturated rings. The molecular formula is C8H9BrN2O2. The van der Waals surface area contributed by atoms with Crippen LogP contribution in [0, 0.1) is 0 Å². The van der Waals surface area contributed by atoms with Gasteiger partial charge < -0.3 is 10.8 Å². The molecule has 1 unspecified atom stereocenters. The van der Waals surface area contributed by atoms with Gasteiger partial charge in [0.15, 0.2) is 0 Å². The van der Waals surface area contributed by atoms with Gasteiger partial charge in [-0.05, 0) is 40.0 Å². The Kier molecular flexibility index (Phi) is 3.39. The van der Waals surface area contributed by atoms with Gasteiger partial charge in [0.05, 0.1) is 0 Å². The number of carboxylic acids is 1. The molecule has 0 aliphatic carbocycles. The molecule has 0 aliphatic heterocycles. The van der Waals surface area contributed by atoms with Crippen LogP contribution in [0.5, 0.6) is 0 Å². The number of aliphatic carboxylic acids is 1. The fourth-order valence-corrected chi connectivity index (χ4v) is 1.32. The first-order chi connectivity index (χ1) is 6.09. The number of aromatic nitrogens is 1. The highest BCUT2D eigenvalue weighted by Gasteiger charge is 2.11. The summed E-state index contributed by atoms with van der Waals surface area (Å²) in [6.07, 6.45) is 1.92. The van der Waals surface area contributed by atoms with Crippen molar-refractivity contribution in [1.82, 2.24) is 4.98 Å². The summed E-state index contributed by atoms with van der Waals surface area (Å²) in [5, 5.41) is 8.56. The third-order valence-corrected chi connectivity index (χ3v) is 2.00. The van der Waals surface area contributed by atoms with Crippen LogP contribution in [-0.4, -0.2) is 22.1 Å². The number of nitrogens with two attached hydrogens (primary N) is 1. The van der Waals surface area contributed by atoms with E-state index in [1.165, 1.54) is 0 Å². The molecule has 4 nitrogen and oxygen atoms in total. The van der Waals surface area contributed by atoms with Crippen LogP contribution in [0.1, 0.15) is 5.56 Å². The summed E-state index contributed by atoms with van der Waals surface area (Å²) < 4.78 is 0.683. The van der Waals surface area contributed by atoms with Gasteiger partial charge in [-0.1, -0.05) is 0 Å². The van der Waals surface area contributed by atoms with Crippen LogP contribution in [0.15, 0.2) is 22.9 Å². The Bertz CT molecular complexity index is 317. The van der Waals surface area contributed by atoms with Crippen LogP contribution < -0.4 is 5.73 Å². The average molecular weight is 245 g/mol. The number of nitrogens with zero attached hydrogens (tertiary/aromatic N) is 1. The number of pyridine rings is 1. The molecule has 0 amide bonds. The second-order valence-corrected chi connectivity index (χ2v) is 3.45. The number of hydrogen-bond acceptors (Lipinski definition) is 3. The van der Waals surface area contributed by atoms with E-state index >= 15 is 0 Å². The third-order valence-electron chi connectivity index (χ3n) is 1.56. The fraction of sp³-hybridized carbons (Fsp3) is 0.250. The summed E-state index contributed by atoms with van der Waals surface area (Å²) in [5.41, 5.74) is 6.22. The molecule has 1 heterocycles. The van der Waals surface area contributed by atoms with E-state index in [0.29, 0.717) is 11.0 Å². The van der Waals surface area contributed by atoms with E-state index < -0.39 is 12.0 Å². The maximum atomic E-state index is 10.4. The molecular weight excluding hydrogens is 236 g/mol. The highest BCUT2D eigenvalue weighted by Crippen LogP contribution is 2.09. The van der Waals surface area contributed by atoms with Crippen molar-refractivity contribution in [3.05, 3.63) is 28.5 Å². The van der Waals surface area contributed by atoms with Crippen molar-refractivity contribution in [2.45, 2.75) is 12.5 Å². The number of hydrogen-bond donors (Lipinski definition) is 2. The Morgan fingerprint density at radius 1 is 1.77 bits per heavy atom. The summed E-state index contributed by atoms with van der Waals surface area (Å²) in [4.78, 5) is 14.4. The number of carbonyl (C=O) groups is 1. The lowest BCUT2D eigenvalue weighted by molar-refractivity contribution is -0.138. The van der Waals surface area contributed by atoms with Gasteiger partial charge in [-0.2, -0.15) is 0 Å². The molecule has 1 atom stereocenters. The lowest BCUT2D eigenvalue weighted by Gasteiger charge is -2.05. The average Bonchev–Trinajstić information content (AvgIpc) is 2.04. The van der Waals surface area contributed by atoms with Crippen LogP contribution in [0.4, 0.5) is 0 Å². The van der Waals surface area contributed by atoms with E-state index in [4.69, 9.17) is 10.8 Å². The quantitative estimate of drug-likeness (QED) is 0.772. The summed E-state index contributed by atoms with van der Waals surface area (Å²) in [6, 6.07) is 2.64. The van der Waals surface area contributed by atoms with Crippen molar-refractivity contribution in [3.8, 4) is 0 Å². The van der Waals surface area contributed by atoms with E-state index in [1.807, 2.05) is 0 Å². The van der Waals surface area contributed by atoms with Gasteiger partial charge in [-0.15, -0.1) is 0 Å². The topological polar surface area (TPSA) is 76.2 Å². The molecule has 13 heavy (non-hydrogen) atoms. The van der Waals surface area contributed by atoms with Crippen molar-refractivity contribution >= 4 is 21.9 Å². The van der Waals surface area contributed by atoms with Crippen molar-refractivity contribution in [2.75, 3.05) is 0 Å². The molecule has 3 N–H and O–H groups in total. The maximum absolute atomic E-state index is 10.4. The molecule has 0 bridgehead atoms. The van der Waals surface area contributed by atoms with Crippen LogP contribution in [0.2, 0.25) is 0 Å². The molecule has 0 spiro atoms. The number of carboxylic acid groups (broad SMARTS) is 1. The molecule has 0 saturated heterocycles. The van der Waals surface area contributed by atoms with Gasteiger partial charge in [0, 0.05) is 6.20 Å². The SMILES string of the molecule is NC(Cc1ccnc(Br)c1)C(=O)O. The normalized spacial score (nSPS) is 12.5. The van der Waals surface area contributed by atoms with Crippen LogP contribution in [-0.2, 0) is 11.2 Å². The van der Waals surface area contributed by atoms with Gasteiger partial charge in [-0.3, -0.25) is 4.79 Å². The van der Waals surface area contributed by atoms with Crippen LogP contribution in [0.25, 0.3) is 0 Å². The summed E-state index contributed by atoms with van der Waals surface area (Å²) in [6.45, 7) is 0. The number of halogens is 1. The molecule has 0 saturated carbocycles. The molecule has 1 aromatic rings. The van der Waals surface area contributed by atoms with Crippen molar-refractivity contribution < 1.29 is 9.90 Å². The lowest BCUT2D eigenvalue weighted by atomic mass is 10.1. The lowest BCUT2D eigenvalue weighted by Crippen LogP contribution is -2.32. The molecule has 70 valence electrons. The molecule has 0 aromatic carbocycles. The molecule has 0 aliphatic rings. The van der Waals surface area contributed by atoms with Crippen molar-refractivity contribution in [3.63, 3.8) is 0 Å². The molecule has 1 rings (SSSR count). The first kappa shape index (κ1) is 10.1. The minimum absolute atomic E-state index is 0.316. The van der Waals surface area contributed by atoms with E-state index in [-0.39, 0.29) is 0 Å². The summed E-state index contributed by atoms with van der Waals surface area (Å²) in [5.74, 6) is -0.993. The third kappa shape index (κ3) is 3.12. The zero-order chi connectivity index (χ0) is 9.84. The largest absolute Gasteiger partial charge is 0.480 e. The highest BCUT2D eigenvalue weighted by molar-refractivity contribution is 9.10. The zero-order valence-electron chi connectivity index (χ0n) is 6.77. The zero-order valence-corrected chi connectivity index (χ0v) is 8.36. The molecule has 0 radical (unpaired) electrons. The molecule has 1 aromatic heterocycles. The maximum Gasteiger partial charge on any atom is 0.320 e. The second kappa shape index (κ2) is 4.34. The Hall–Kier alpha value is -0.940. The predicted molar refractivity (Wildman–Crippen MR) is 51.3 cm³/mol. The Balaban J connectivity index is 2.69. The van der Waals surface area contributed by atoms with Gasteiger partial charge in [-0.25, -0.2) is 4.98 Å². The van der Waals surface area contributed by atoms with Crippen LogP contribution >= 0.6 is 15.9 Å². The van der Waals surface area contributed by atoms with E-state index in [0.717, 1.165) is 5.56 Å². The first-order valence-corrected chi connectivity index (χ1v) is 4.47. The van der Waals surface area contributed by atoms with Crippen molar-refractivity contribution in [1.29, 1.82) is 0 Å². The monoisotopic (exact) mass is 244 g/mol. The number of rotatable bonds is 3. The standard InChI is InChI=1S/C8H9BrN2O2/c9-7-4-5(1-2-11-7)3-6(10)8(12)13/h1-2,4,6H,3,10H2,(H,12,13).